The van der Waals surface area contributed by atoms with Gasteiger partial charge in [0.15, 0.2) is 0 Å². The monoisotopic (exact) mass is 650 g/mol. The number of hydrogen-bond acceptors (Lipinski definition) is 0. The Labute approximate surface area is 281 Å². The Morgan fingerprint density at radius 2 is 1.37 bits per heavy atom. The second-order valence-corrected chi connectivity index (χ2v) is 14.5. The van der Waals surface area contributed by atoms with Crippen molar-refractivity contribution in [3.05, 3.63) is 125 Å². The summed E-state index contributed by atoms with van der Waals surface area (Å²) in [4.78, 5) is 0. The standard InChI is InChI=1S/C21H25.C12H19.C7H7.CH3.CH2.Zr/c1-20(2,3)16-9-7-14-11-15-8-10-17(21(4,5)6)13-19(15)18(14)12-16;1-6-10-7-9(2)8-11(10)12(3,4)5;1-7-5-3-2-4-6-7;;;/h7,9-10,12-13H,11H2,1-6H3;8-9H,6H2,1-5H3;3-6H,1H3;1H3;1H2;/q4*-1;;. The van der Waals surface area contributed by atoms with Crippen LogP contribution in [0.2, 0.25) is 0 Å². The van der Waals surface area contributed by atoms with Crippen molar-refractivity contribution in [3.8, 4) is 11.1 Å². The molecule has 0 radical (unpaired) electrons. The minimum absolute atomic E-state index is 0. The predicted octanol–water partition coefficient (Wildman–Crippen LogP) is 11.6. The largest absolute Gasteiger partial charge is 0.358 e. The van der Waals surface area contributed by atoms with Crippen LogP contribution in [-0.2, 0) is 41.5 Å². The molecule has 2 aliphatic carbocycles. The van der Waals surface area contributed by atoms with E-state index in [0.717, 1.165) is 12.8 Å². The Balaban J connectivity index is 0.000000355. The summed E-state index contributed by atoms with van der Waals surface area (Å²) in [7, 11) is 0. The Morgan fingerprint density at radius 1 is 0.814 bits per heavy atom. The summed E-state index contributed by atoms with van der Waals surface area (Å²) in [5.41, 5.74) is 13.3. The van der Waals surface area contributed by atoms with Gasteiger partial charge in [0.25, 0.3) is 0 Å². The van der Waals surface area contributed by atoms with Gasteiger partial charge in [-0.2, -0.15) is 76.9 Å². The Kier molecular flexibility index (Phi) is 14.7. The molecule has 0 N–H and O–H groups in total. The summed E-state index contributed by atoms with van der Waals surface area (Å²) in [6.07, 6.45) is 7.98. The van der Waals surface area contributed by atoms with Crippen molar-refractivity contribution in [3.63, 3.8) is 0 Å². The van der Waals surface area contributed by atoms with Gasteiger partial charge in [0.1, 0.15) is 0 Å². The Morgan fingerprint density at radius 3 is 1.81 bits per heavy atom. The molecule has 0 saturated heterocycles. The van der Waals surface area contributed by atoms with Gasteiger partial charge in [-0.25, -0.2) is 5.57 Å². The number of allylic oxidation sites excluding steroid dienone is 4. The number of aryl methyl sites for hydroxylation is 1. The third-order valence-corrected chi connectivity index (χ3v) is 7.72. The summed E-state index contributed by atoms with van der Waals surface area (Å²) in [5.74, 6) is 0.522. The van der Waals surface area contributed by atoms with Gasteiger partial charge in [-0.05, 0) is 17.4 Å². The molecule has 0 aliphatic heterocycles. The Bertz CT molecular complexity index is 1300. The minimum Gasteiger partial charge on any atom is -0.358 e. The third kappa shape index (κ3) is 11.1. The van der Waals surface area contributed by atoms with E-state index < -0.39 is 0 Å². The van der Waals surface area contributed by atoms with Crippen LogP contribution in [0, 0.1) is 43.9 Å². The van der Waals surface area contributed by atoms with Crippen molar-refractivity contribution in [1.82, 2.24) is 0 Å². The molecule has 0 nitrogen and oxygen atoms in total. The van der Waals surface area contributed by atoms with Crippen LogP contribution in [-0.4, -0.2) is 4.21 Å². The Hall–Kier alpha value is -2.11. The van der Waals surface area contributed by atoms with Crippen molar-refractivity contribution < 1.29 is 24.2 Å². The molecule has 43 heavy (non-hydrogen) atoms. The summed E-state index contributed by atoms with van der Waals surface area (Å²) in [6.45, 7) is 26.9. The molecule has 0 aromatic heterocycles. The van der Waals surface area contributed by atoms with E-state index in [1.54, 1.807) is 0 Å². The van der Waals surface area contributed by atoms with Crippen LogP contribution < -0.4 is 0 Å². The van der Waals surface area contributed by atoms with Gasteiger partial charge in [-0.3, -0.25) is 6.08 Å². The smallest absolute Gasteiger partial charge is 0.358 e. The molecule has 1 atom stereocenters. The molecule has 0 heterocycles. The van der Waals surface area contributed by atoms with Gasteiger partial charge in [-0.1, -0.05) is 136 Å². The molecule has 3 aromatic rings. The van der Waals surface area contributed by atoms with Crippen molar-refractivity contribution in [2.75, 3.05) is 0 Å². The minimum atomic E-state index is 0. The molecule has 232 valence electrons. The van der Waals surface area contributed by atoms with Gasteiger partial charge in [0, 0.05) is 0 Å². The second kappa shape index (κ2) is 16.3. The molecule has 1 heteroatoms. The summed E-state index contributed by atoms with van der Waals surface area (Å²) in [5, 5.41) is 0. The van der Waals surface area contributed by atoms with E-state index in [1.807, 2.05) is 24.3 Å². The zero-order valence-electron chi connectivity index (χ0n) is 29.5. The molecule has 0 spiro atoms. The van der Waals surface area contributed by atoms with Crippen LogP contribution in [0.1, 0.15) is 110 Å². The topological polar surface area (TPSA) is 0 Å². The molecule has 0 fully saturated rings. The number of benzene rings is 3. The van der Waals surface area contributed by atoms with Gasteiger partial charge in [0.2, 0.25) is 0 Å². The molecule has 3 aromatic carbocycles. The summed E-state index contributed by atoms with van der Waals surface area (Å²) in [6, 6.07) is 25.9. The van der Waals surface area contributed by atoms with Crippen molar-refractivity contribution >= 4 is 4.21 Å². The maximum atomic E-state index is 3.53. The van der Waals surface area contributed by atoms with Crippen LogP contribution in [0.15, 0.2) is 71.8 Å². The van der Waals surface area contributed by atoms with E-state index in [0.29, 0.717) is 11.3 Å². The first kappa shape index (κ1) is 38.9. The van der Waals surface area contributed by atoms with E-state index in [-0.39, 0.29) is 18.3 Å². The van der Waals surface area contributed by atoms with E-state index >= 15 is 0 Å². The summed E-state index contributed by atoms with van der Waals surface area (Å²) < 4.78 is 3.34. The van der Waals surface area contributed by atoms with Crippen LogP contribution in [0.4, 0.5) is 0 Å². The summed E-state index contributed by atoms with van der Waals surface area (Å²) >= 11 is 1.30. The fourth-order valence-electron chi connectivity index (χ4n) is 5.20. The first-order valence-corrected chi connectivity index (χ1v) is 17.1. The van der Waals surface area contributed by atoms with Crippen LogP contribution in [0.25, 0.3) is 11.1 Å². The number of hydrogen-bond donors (Lipinski definition) is 0. The first-order chi connectivity index (χ1) is 19.5. The van der Waals surface area contributed by atoms with Gasteiger partial charge in [-0.15, -0.1) is 5.56 Å². The second-order valence-electron chi connectivity index (χ2n) is 14.5. The van der Waals surface area contributed by atoms with E-state index in [9.17, 15) is 0 Å². The first-order valence-electron chi connectivity index (χ1n) is 15.3. The quantitative estimate of drug-likeness (QED) is 0.180. The van der Waals surface area contributed by atoms with E-state index in [1.165, 1.54) is 74.3 Å². The molecule has 0 amide bonds. The fourth-order valence-corrected chi connectivity index (χ4v) is 5.20. The molecular weight excluding hydrogens is 596 g/mol. The van der Waals surface area contributed by atoms with E-state index in [4.69, 9.17) is 0 Å². The average Bonchev–Trinajstić information content (AvgIpc) is 3.49. The SMILES string of the molecule is CC(C)(C)c1c[c-]c2c(c1)-c1cc(C(C)(C)C)ccc1C2.CCC1=[C-]C(C)C=C1C(C)(C)C.Cc1cc[c-]cc1.[CH2]=[Zr].[CH3-]. The maximum Gasteiger partial charge on any atom is -0.358 e. The number of fused-ring (bicyclic) bond motifs is 3. The third-order valence-electron chi connectivity index (χ3n) is 7.72. The molecule has 5 rings (SSSR count). The zero-order chi connectivity index (χ0) is 31.9. The normalized spacial score (nSPS) is 15.0. The molecular formula is C42H56Zr-4. The molecule has 2 aliphatic rings. The van der Waals surface area contributed by atoms with Crippen molar-refractivity contribution in [2.45, 2.75) is 107 Å². The number of rotatable bonds is 1. The van der Waals surface area contributed by atoms with Crippen LogP contribution >= 0.6 is 0 Å². The van der Waals surface area contributed by atoms with Crippen molar-refractivity contribution in [2.24, 2.45) is 11.3 Å². The molecule has 0 bridgehead atoms. The average molecular weight is 652 g/mol. The molecule has 0 saturated carbocycles. The van der Waals surface area contributed by atoms with Crippen molar-refractivity contribution in [1.29, 1.82) is 0 Å². The van der Waals surface area contributed by atoms with Crippen LogP contribution in [0.5, 0.6) is 0 Å². The molecule has 1 unspecified atom stereocenters. The van der Waals surface area contributed by atoms with Crippen LogP contribution in [0.3, 0.4) is 0 Å². The van der Waals surface area contributed by atoms with Gasteiger partial charge < -0.3 is 7.43 Å². The van der Waals surface area contributed by atoms with Gasteiger partial charge in [0.05, 0.1) is 0 Å². The zero-order valence-corrected chi connectivity index (χ0v) is 31.9. The fraction of sp³-hybridized carbons (Fsp3) is 0.429. The maximum absolute atomic E-state index is 3.53. The predicted molar refractivity (Wildman–Crippen MR) is 188 cm³/mol. The van der Waals surface area contributed by atoms with E-state index in [2.05, 4.69) is 142 Å². The van der Waals surface area contributed by atoms with Gasteiger partial charge >= 0.3 is 28.4 Å².